The lowest BCUT2D eigenvalue weighted by Crippen LogP contribution is -2.33. The molecule has 0 aliphatic rings. The third kappa shape index (κ3) is 4.77. The van der Waals surface area contributed by atoms with Gasteiger partial charge in [-0.2, -0.15) is 0 Å². The number of hydrogen-bond acceptors (Lipinski definition) is 2. The molecular formula is C13H18BrNO2. The first kappa shape index (κ1) is 14.0. The average molecular weight is 300 g/mol. The van der Waals surface area contributed by atoms with Crippen LogP contribution in [0.5, 0.6) is 0 Å². The summed E-state index contributed by atoms with van der Waals surface area (Å²) in [6, 6.07) is 7.83. The van der Waals surface area contributed by atoms with Crippen molar-refractivity contribution in [2.24, 2.45) is 0 Å². The predicted molar refractivity (Wildman–Crippen MR) is 71.8 cm³/mol. The molecule has 0 aromatic heterocycles. The number of rotatable bonds is 2. The summed E-state index contributed by atoms with van der Waals surface area (Å²) in [6.07, 6.45) is -0.312. The first-order valence-electron chi connectivity index (χ1n) is 5.47. The first-order valence-corrected chi connectivity index (χ1v) is 6.26. The molecule has 0 bridgehead atoms. The molecule has 0 unspecified atom stereocenters. The van der Waals surface area contributed by atoms with E-state index in [1.165, 1.54) is 0 Å². The number of ether oxygens (including phenoxy) is 1. The second-order valence-corrected chi connectivity index (χ2v) is 5.78. The van der Waals surface area contributed by atoms with Crippen molar-refractivity contribution in [1.82, 2.24) is 4.90 Å². The fourth-order valence-electron chi connectivity index (χ4n) is 1.29. The maximum absolute atomic E-state index is 11.8. The largest absolute Gasteiger partial charge is 0.444 e. The molecule has 0 N–H and O–H groups in total. The maximum Gasteiger partial charge on any atom is 0.410 e. The average Bonchev–Trinajstić information content (AvgIpc) is 2.18. The van der Waals surface area contributed by atoms with Crippen molar-refractivity contribution in [2.75, 3.05) is 7.05 Å². The highest BCUT2D eigenvalue weighted by Crippen LogP contribution is 2.18. The van der Waals surface area contributed by atoms with Crippen molar-refractivity contribution in [1.29, 1.82) is 0 Å². The van der Waals surface area contributed by atoms with E-state index < -0.39 is 5.60 Å². The maximum atomic E-state index is 11.8. The van der Waals surface area contributed by atoms with Crippen LogP contribution in [0.4, 0.5) is 4.79 Å². The molecule has 3 nitrogen and oxygen atoms in total. The molecule has 1 rings (SSSR count). The van der Waals surface area contributed by atoms with Crippen molar-refractivity contribution in [3.63, 3.8) is 0 Å². The number of carbonyl (C=O) groups excluding carboxylic acids is 1. The van der Waals surface area contributed by atoms with Gasteiger partial charge in [0, 0.05) is 18.1 Å². The predicted octanol–water partition coefficient (Wildman–Crippen LogP) is 3.82. The zero-order chi connectivity index (χ0) is 13.1. The van der Waals surface area contributed by atoms with E-state index in [2.05, 4.69) is 15.9 Å². The van der Waals surface area contributed by atoms with Crippen LogP contribution >= 0.6 is 15.9 Å². The Morgan fingerprint density at radius 3 is 2.47 bits per heavy atom. The number of amides is 1. The van der Waals surface area contributed by atoms with Crippen molar-refractivity contribution in [3.05, 3.63) is 34.3 Å². The summed E-state index contributed by atoms with van der Waals surface area (Å²) in [5, 5.41) is 0. The molecule has 0 saturated carbocycles. The van der Waals surface area contributed by atoms with Crippen molar-refractivity contribution >= 4 is 22.0 Å². The van der Waals surface area contributed by atoms with E-state index in [-0.39, 0.29) is 6.09 Å². The molecule has 0 radical (unpaired) electrons. The smallest absolute Gasteiger partial charge is 0.410 e. The Kier molecular flexibility index (Phi) is 4.57. The highest BCUT2D eigenvalue weighted by Gasteiger charge is 2.19. The Balaban J connectivity index is 2.64. The molecule has 1 aromatic carbocycles. The van der Waals surface area contributed by atoms with Gasteiger partial charge >= 0.3 is 6.09 Å². The second kappa shape index (κ2) is 5.54. The standard InChI is InChI=1S/C13H18BrNO2/c1-13(2,3)17-12(16)15(4)9-10-7-5-6-8-11(10)14/h5-8H,9H2,1-4H3. The third-order valence-corrected chi connectivity index (χ3v) is 2.84. The second-order valence-electron chi connectivity index (χ2n) is 4.93. The van der Waals surface area contributed by atoms with Crippen molar-refractivity contribution in [2.45, 2.75) is 32.9 Å². The zero-order valence-electron chi connectivity index (χ0n) is 10.7. The molecule has 4 heteroatoms. The molecule has 0 spiro atoms. The molecule has 1 aromatic rings. The van der Waals surface area contributed by atoms with Gasteiger partial charge in [0.15, 0.2) is 0 Å². The van der Waals surface area contributed by atoms with Gasteiger partial charge in [0.25, 0.3) is 0 Å². The van der Waals surface area contributed by atoms with E-state index in [1.807, 2.05) is 45.0 Å². The van der Waals surface area contributed by atoms with Gasteiger partial charge in [-0.1, -0.05) is 34.1 Å². The molecule has 0 aliphatic heterocycles. The van der Waals surface area contributed by atoms with Crippen molar-refractivity contribution in [3.8, 4) is 0 Å². The molecule has 0 saturated heterocycles. The topological polar surface area (TPSA) is 29.5 Å². The number of hydrogen-bond donors (Lipinski definition) is 0. The summed E-state index contributed by atoms with van der Waals surface area (Å²) < 4.78 is 6.28. The van der Waals surface area contributed by atoms with Crippen LogP contribution in [0.25, 0.3) is 0 Å². The minimum Gasteiger partial charge on any atom is -0.444 e. The molecule has 0 heterocycles. The number of benzene rings is 1. The van der Waals surface area contributed by atoms with Gasteiger partial charge < -0.3 is 9.64 Å². The Morgan fingerprint density at radius 1 is 1.35 bits per heavy atom. The van der Waals surface area contributed by atoms with Gasteiger partial charge in [0.05, 0.1) is 0 Å². The number of nitrogens with zero attached hydrogens (tertiary/aromatic N) is 1. The molecule has 0 atom stereocenters. The van der Waals surface area contributed by atoms with Crippen LogP contribution < -0.4 is 0 Å². The molecule has 1 amide bonds. The lowest BCUT2D eigenvalue weighted by Gasteiger charge is -2.24. The first-order chi connectivity index (χ1) is 7.79. The van der Waals surface area contributed by atoms with E-state index >= 15 is 0 Å². The molecule has 0 aliphatic carbocycles. The summed E-state index contributed by atoms with van der Waals surface area (Å²) in [6.45, 7) is 6.10. The fraction of sp³-hybridized carbons (Fsp3) is 0.462. The summed E-state index contributed by atoms with van der Waals surface area (Å²) in [7, 11) is 1.73. The number of carbonyl (C=O) groups is 1. The van der Waals surface area contributed by atoms with E-state index in [1.54, 1.807) is 11.9 Å². The lowest BCUT2D eigenvalue weighted by molar-refractivity contribution is 0.0285. The highest BCUT2D eigenvalue weighted by molar-refractivity contribution is 9.10. The SMILES string of the molecule is CN(Cc1ccccc1Br)C(=O)OC(C)(C)C. The van der Waals surface area contributed by atoms with Gasteiger partial charge in [-0.15, -0.1) is 0 Å². The van der Waals surface area contributed by atoms with Crippen molar-refractivity contribution < 1.29 is 9.53 Å². The molecule has 94 valence electrons. The normalized spacial score (nSPS) is 11.1. The highest BCUT2D eigenvalue weighted by atomic mass is 79.9. The van der Waals surface area contributed by atoms with Crippen LogP contribution in [0.2, 0.25) is 0 Å². The van der Waals surface area contributed by atoms with E-state index in [0.717, 1.165) is 10.0 Å². The van der Waals surface area contributed by atoms with Crippen LogP contribution in [0.15, 0.2) is 28.7 Å². The lowest BCUT2D eigenvalue weighted by atomic mass is 10.2. The van der Waals surface area contributed by atoms with Gasteiger partial charge in [-0.3, -0.25) is 0 Å². The Bertz CT molecular complexity index is 399. The van der Waals surface area contributed by atoms with E-state index in [0.29, 0.717) is 6.54 Å². The molecule has 0 fully saturated rings. The van der Waals surface area contributed by atoms with Gasteiger partial charge in [0.1, 0.15) is 5.60 Å². The summed E-state index contributed by atoms with van der Waals surface area (Å²) >= 11 is 3.46. The summed E-state index contributed by atoms with van der Waals surface area (Å²) in [5.74, 6) is 0. The Morgan fingerprint density at radius 2 is 1.94 bits per heavy atom. The molecule has 17 heavy (non-hydrogen) atoms. The Hall–Kier alpha value is -1.03. The zero-order valence-corrected chi connectivity index (χ0v) is 12.2. The van der Waals surface area contributed by atoms with Gasteiger partial charge in [0.2, 0.25) is 0 Å². The van der Waals surface area contributed by atoms with Gasteiger partial charge in [-0.05, 0) is 32.4 Å². The quantitative estimate of drug-likeness (QED) is 0.831. The Labute approximate surface area is 111 Å². The summed E-state index contributed by atoms with van der Waals surface area (Å²) in [4.78, 5) is 13.3. The molecular weight excluding hydrogens is 282 g/mol. The van der Waals surface area contributed by atoms with Crippen LogP contribution in [-0.4, -0.2) is 23.6 Å². The number of halogens is 1. The minimum absolute atomic E-state index is 0.312. The van der Waals surface area contributed by atoms with Gasteiger partial charge in [-0.25, -0.2) is 4.79 Å². The van der Waals surface area contributed by atoms with Crippen LogP contribution in [0.1, 0.15) is 26.3 Å². The van der Waals surface area contributed by atoms with Crippen LogP contribution in [0.3, 0.4) is 0 Å². The fourth-order valence-corrected chi connectivity index (χ4v) is 1.70. The third-order valence-electron chi connectivity index (χ3n) is 2.07. The van der Waals surface area contributed by atoms with Crippen LogP contribution in [-0.2, 0) is 11.3 Å². The van der Waals surface area contributed by atoms with E-state index in [9.17, 15) is 4.79 Å². The van der Waals surface area contributed by atoms with Crippen LogP contribution in [0, 0.1) is 0 Å². The monoisotopic (exact) mass is 299 g/mol. The van der Waals surface area contributed by atoms with E-state index in [4.69, 9.17) is 4.74 Å². The minimum atomic E-state index is -0.459. The summed E-state index contributed by atoms with van der Waals surface area (Å²) in [5.41, 5.74) is 0.597.